The van der Waals surface area contributed by atoms with Crippen LogP contribution in [0.2, 0.25) is 5.02 Å². The number of anilines is 1. The number of thiophene rings is 1. The molecule has 9 heteroatoms. The van der Waals surface area contributed by atoms with Crippen LogP contribution in [0.4, 0.5) is 19.0 Å². The Labute approximate surface area is 156 Å². The van der Waals surface area contributed by atoms with Gasteiger partial charge in [0.2, 0.25) is 0 Å². The van der Waals surface area contributed by atoms with Crippen molar-refractivity contribution < 1.29 is 13.2 Å². The van der Waals surface area contributed by atoms with E-state index in [0.717, 1.165) is 11.6 Å². The van der Waals surface area contributed by atoms with Crippen LogP contribution in [0.3, 0.4) is 0 Å². The first kappa shape index (κ1) is 18.6. The summed E-state index contributed by atoms with van der Waals surface area (Å²) in [5.74, 6) is 0.525. The predicted octanol–water partition coefficient (Wildman–Crippen LogP) is 4.99. The molecule has 0 aliphatic heterocycles. The van der Waals surface area contributed by atoms with Crippen molar-refractivity contribution in [3.05, 3.63) is 63.6 Å². The van der Waals surface area contributed by atoms with Crippen LogP contribution in [0.5, 0.6) is 0 Å². The molecule has 1 aromatic carbocycles. The lowest BCUT2D eigenvalue weighted by atomic mass is 10.1. The molecule has 3 rings (SSSR count). The molecular weight excluding hydrogens is 385 g/mol. The van der Waals surface area contributed by atoms with Crippen molar-refractivity contribution in [2.45, 2.75) is 12.2 Å². The third kappa shape index (κ3) is 4.32. The van der Waals surface area contributed by atoms with Gasteiger partial charge >= 0.3 is 6.18 Å². The molecule has 0 aliphatic carbocycles. The standard InChI is InChI=1S/C17H14ClF3N4S/c18-13-5-10(1-2-12(13)17(19,20)21)15-6-16(25-9-24-15)23-7-14(22)11-3-4-26-8-11/h1-6,8-9,14H,7,22H2,(H,23,24,25)/t14-/m0/s1. The van der Waals surface area contributed by atoms with E-state index in [0.29, 0.717) is 23.6 Å². The average molecular weight is 399 g/mol. The van der Waals surface area contributed by atoms with Crippen molar-refractivity contribution >= 4 is 28.8 Å². The minimum Gasteiger partial charge on any atom is -0.368 e. The second-order valence-electron chi connectivity index (χ2n) is 5.52. The van der Waals surface area contributed by atoms with Crippen LogP contribution in [0, 0.1) is 0 Å². The van der Waals surface area contributed by atoms with Crippen LogP contribution in [-0.2, 0) is 6.18 Å². The number of aromatic nitrogens is 2. The van der Waals surface area contributed by atoms with Crippen molar-refractivity contribution in [1.82, 2.24) is 9.97 Å². The fourth-order valence-electron chi connectivity index (χ4n) is 2.33. The van der Waals surface area contributed by atoms with Gasteiger partial charge in [0.15, 0.2) is 0 Å². The fourth-order valence-corrected chi connectivity index (χ4v) is 3.35. The maximum atomic E-state index is 12.8. The lowest BCUT2D eigenvalue weighted by Gasteiger charge is -2.13. The number of alkyl halides is 3. The van der Waals surface area contributed by atoms with Crippen molar-refractivity contribution in [3.63, 3.8) is 0 Å². The highest BCUT2D eigenvalue weighted by Crippen LogP contribution is 2.36. The van der Waals surface area contributed by atoms with Crippen LogP contribution in [0.25, 0.3) is 11.3 Å². The van der Waals surface area contributed by atoms with Crippen LogP contribution < -0.4 is 11.1 Å². The second-order valence-corrected chi connectivity index (χ2v) is 6.71. The molecule has 0 fully saturated rings. The van der Waals surface area contributed by atoms with Gasteiger partial charge in [0.1, 0.15) is 12.1 Å². The van der Waals surface area contributed by atoms with Crippen LogP contribution in [-0.4, -0.2) is 16.5 Å². The summed E-state index contributed by atoms with van der Waals surface area (Å²) in [6, 6.07) is 6.91. The lowest BCUT2D eigenvalue weighted by Crippen LogP contribution is -2.20. The van der Waals surface area contributed by atoms with Crippen molar-refractivity contribution in [2.24, 2.45) is 5.73 Å². The number of benzene rings is 1. The highest BCUT2D eigenvalue weighted by Gasteiger charge is 2.33. The van der Waals surface area contributed by atoms with Crippen molar-refractivity contribution in [2.75, 3.05) is 11.9 Å². The molecule has 0 radical (unpaired) electrons. The number of rotatable bonds is 5. The van der Waals surface area contributed by atoms with E-state index in [-0.39, 0.29) is 11.1 Å². The number of halogens is 4. The van der Waals surface area contributed by atoms with E-state index in [1.807, 2.05) is 16.8 Å². The van der Waals surface area contributed by atoms with Gasteiger partial charge in [0, 0.05) is 24.2 Å². The molecule has 1 atom stereocenters. The zero-order valence-corrected chi connectivity index (χ0v) is 14.9. The maximum absolute atomic E-state index is 12.8. The van der Waals surface area contributed by atoms with Gasteiger partial charge < -0.3 is 11.1 Å². The summed E-state index contributed by atoms with van der Waals surface area (Å²) in [7, 11) is 0. The highest BCUT2D eigenvalue weighted by atomic mass is 35.5. The van der Waals surface area contributed by atoms with E-state index < -0.39 is 11.7 Å². The Morgan fingerprint density at radius 1 is 1.19 bits per heavy atom. The van der Waals surface area contributed by atoms with E-state index in [2.05, 4.69) is 15.3 Å². The Kier molecular flexibility index (Phi) is 5.45. The Hall–Kier alpha value is -2.16. The van der Waals surface area contributed by atoms with Crippen LogP contribution >= 0.6 is 22.9 Å². The first-order valence-electron chi connectivity index (χ1n) is 7.55. The first-order valence-corrected chi connectivity index (χ1v) is 8.87. The first-order chi connectivity index (χ1) is 12.3. The molecular formula is C17H14ClF3N4S. The molecule has 0 amide bonds. The van der Waals surface area contributed by atoms with Crippen molar-refractivity contribution in [3.8, 4) is 11.3 Å². The molecule has 0 aliphatic rings. The van der Waals surface area contributed by atoms with Gasteiger partial charge in [-0.25, -0.2) is 9.97 Å². The van der Waals surface area contributed by atoms with E-state index in [1.54, 1.807) is 17.4 Å². The van der Waals surface area contributed by atoms with Gasteiger partial charge in [-0.1, -0.05) is 17.7 Å². The van der Waals surface area contributed by atoms with E-state index >= 15 is 0 Å². The SMILES string of the molecule is N[C@@H](CNc1cc(-c2ccc(C(F)(F)F)c(Cl)c2)ncn1)c1ccsc1. The molecule has 3 N–H and O–H groups in total. The predicted molar refractivity (Wildman–Crippen MR) is 97.2 cm³/mol. The summed E-state index contributed by atoms with van der Waals surface area (Å²) in [5.41, 5.74) is 7.16. The summed E-state index contributed by atoms with van der Waals surface area (Å²) >= 11 is 7.34. The summed E-state index contributed by atoms with van der Waals surface area (Å²) in [5, 5.41) is 6.66. The topological polar surface area (TPSA) is 63.8 Å². The number of hydrogen-bond acceptors (Lipinski definition) is 5. The fraction of sp³-hybridized carbons (Fsp3) is 0.176. The Morgan fingerprint density at radius 2 is 2.00 bits per heavy atom. The Bertz CT molecular complexity index is 884. The minimum atomic E-state index is -4.49. The van der Waals surface area contributed by atoms with Crippen LogP contribution in [0.15, 0.2) is 47.4 Å². The van der Waals surface area contributed by atoms with E-state index in [4.69, 9.17) is 17.3 Å². The average Bonchev–Trinajstić information content (AvgIpc) is 3.13. The lowest BCUT2D eigenvalue weighted by molar-refractivity contribution is -0.137. The van der Waals surface area contributed by atoms with E-state index in [9.17, 15) is 13.2 Å². The monoisotopic (exact) mass is 398 g/mol. The van der Waals surface area contributed by atoms with E-state index in [1.165, 1.54) is 18.5 Å². The normalized spacial score (nSPS) is 12.8. The molecule has 2 heterocycles. The molecule has 136 valence electrons. The van der Waals surface area contributed by atoms with Gasteiger partial charge in [-0.15, -0.1) is 0 Å². The zero-order chi connectivity index (χ0) is 18.7. The summed E-state index contributed by atoms with van der Waals surface area (Å²) in [6.45, 7) is 0.459. The molecule has 4 nitrogen and oxygen atoms in total. The van der Waals surface area contributed by atoms with Crippen molar-refractivity contribution in [1.29, 1.82) is 0 Å². The quantitative estimate of drug-likeness (QED) is 0.635. The Balaban J connectivity index is 1.76. The summed E-state index contributed by atoms with van der Waals surface area (Å²) in [4.78, 5) is 8.21. The highest BCUT2D eigenvalue weighted by molar-refractivity contribution is 7.07. The molecule has 3 aromatic rings. The molecule has 0 saturated heterocycles. The molecule has 0 saturated carbocycles. The maximum Gasteiger partial charge on any atom is 0.417 e. The molecule has 0 unspecified atom stereocenters. The van der Waals surface area contributed by atoms with Crippen LogP contribution in [0.1, 0.15) is 17.2 Å². The van der Waals surface area contributed by atoms with Gasteiger partial charge in [0.05, 0.1) is 16.3 Å². The number of nitrogens with one attached hydrogen (secondary N) is 1. The number of nitrogens with zero attached hydrogens (tertiary/aromatic N) is 2. The van der Waals surface area contributed by atoms with Gasteiger partial charge in [-0.05, 0) is 34.5 Å². The third-order valence-electron chi connectivity index (χ3n) is 3.71. The zero-order valence-electron chi connectivity index (χ0n) is 13.3. The smallest absolute Gasteiger partial charge is 0.368 e. The molecule has 2 aromatic heterocycles. The summed E-state index contributed by atoms with van der Waals surface area (Å²) in [6.07, 6.45) is -3.16. The second kappa shape index (κ2) is 7.61. The van der Waals surface area contributed by atoms with Gasteiger partial charge in [0.25, 0.3) is 0 Å². The molecule has 0 spiro atoms. The largest absolute Gasteiger partial charge is 0.417 e. The molecule has 0 bridgehead atoms. The summed E-state index contributed by atoms with van der Waals surface area (Å²) < 4.78 is 38.4. The van der Waals surface area contributed by atoms with Gasteiger partial charge in [-0.2, -0.15) is 24.5 Å². The minimum absolute atomic E-state index is 0.194. The Morgan fingerprint density at radius 3 is 2.65 bits per heavy atom. The third-order valence-corrected chi connectivity index (χ3v) is 4.73. The number of hydrogen-bond donors (Lipinski definition) is 2. The van der Waals surface area contributed by atoms with Gasteiger partial charge in [-0.3, -0.25) is 0 Å². The molecule has 26 heavy (non-hydrogen) atoms. The number of nitrogens with two attached hydrogens (primary N) is 1.